The molecular formula is C14H21N3O2. The van der Waals surface area contributed by atoms with Crippen LogP contribution in [0.5, 0.6) is 0 Å². The van der Waals surface area contributed by atoms with Crippen LogP contribution in [0.1, 0.15) is 17.3 Å². The van der Waals surface area contributed by atoms with E-state index in [-0.39, 0.29) is 5.56 Å². The molecule has 1 aliphatic rings. The molecule has 0 amide bonds. The van der Waals surface area contributed by atoms with Crippen molar-refractivity contribution in [1.82, 2.24) is 4.90 Å². The summed E-state index contributed by atoms with van der Waals surface area (Å²) in [7, 11) is 4.16. The summed E-state index contributed by atoms with van der Waals surface area (Å²) in [5.74, 6) is -0.420. The Kier molecular flexibility index (Phi) is 3.66. The fourth-order valence-corrected chi connectivity index (χ4v) is 2.76. The second-order valence-electron chi connectivity index (χ2n) is 5.49. The average Bonchev–Trinajstić information content (AvgIpc) is 2.71. The molecule has 19 heavy (non-hydrogen) atoms. The lowest BCUT2D eigenvalue weighted by Gasteiger charge is -2.23. The maximum absolute atomic E-state index is 11.1. The van der Waals surface area contributed by atoms with Gasteiger partial charge in [0.15, 0.2) is 0 Å². The first kappa shape index (κ1) is 13.7. The summed E-state index contributed by atoms with van der Waals surface area (Å²) in [6, 6.07) is 5.73. The van der Waals surface area contributed by atoms with Gasteiger partial charge in [-0.2, -0.15) is 0 Å². The van der Waals surface area contributed by atoms with Crippen LogP contribution in [-0.4, -0.2) is 49.2 Å². The van der Waals surface area contributed by atoms with E-state index in [1.165, 1.54) is 0 Å². The standard InChI is InChI=1S/C14H21N3O2/c1-9-7-17(8-13(9)16(2)3)10-4-5-12(15)11(6-10)14(18)19/h4-6,9,13H,7-8,15H2,1-3H3,(H,18,19). The first-order valence-corrected chi connectivity index (χ1v) is 6.44. The Morgan fingerprint density at radius 2 is 2.11 bits per heavy atom. The Bertz CT molecular complexity index is 488. The number of nitrogen functional groups attached to an aromatic ring is 1. The lowest BCUT2D eigenvalue weighted by Crippen LogP contribution is -2.34. The summed E-state index contributed by atoms with van der Waals surface area (Å²) in [5, 5.41) is 9.12. The molecule has 1 saturated heterocycles. The Hall–Kier alpha value is -1.75. The molecule has 1 aliphatic heterocycles. The quantitative estimate of drug-likeness (QED) is 0.806. The van der Waals surface area contributed by atoms with E-state index in [9.17, 15) is 4.79 Å². The second kappa shape index (κ2) is 5.09. The van der Waals surface area contributed by atoms with Crippen LogP contribution in [-0.2, 0) is 0 Å². The fraction of sp³-hybridized carbons (Fsp3) is 0.500. The van der Waals surface area contributed by atoms with Crippen LogP contribution in [0.3, 0.4) is 0 Å². The van der Waals surface area contributed by atoms with E-state index in [4.69, 9.17) is 10.8 Å². The van der Waals surface area contributed by atoms with Crippen LogP contribution in [0.15, 0.2) is 18.2 Å². The molecule has 1 fully saturated rings. The monoisotopic (exact) mass is 263 g/mol. The van der Waals surface area contributed by atoms with Crippen molar-refractivity contribution in [3.05, 3.63) is 23.8 Å². The van der Waals surface area contributed by atoms with Gasteiger partial charge in [-0.15, -0.1) is 0 Å². The average molecular weight is 263 g/mol. The second-order valence-corrected chi connectivity index (χ2v) is 5.49. The van der Waals surface area contributed by atoms with Gasteiger partial charge in [0, 0.05) is 30.5 Å². The molecule has 3 N–H and O–H groups in total. The number of benzene rings is 1. The van der Waals surface area contributed by atoms with Gasteiger partial charge in [0.2, 0.25) is 0 Å². The van der Waals surface area contributed by atoms with Crippen LogP contribution in [0.25, 0.3) is 0 Å². The molecule has 0 aliphatic carbocycles. The van der Waals surface area contributed by atoms with E-state index < -0.39 is 5.97 Å². The van der Waals surface area contributed by atoms with Crippen molar-refractivity contribution in [2.75, 3.05) is 37.8 Å². The van der Waals surface area contributed by atoms with Gasteiger partial charge in [-0.3, -0.25) is 0 Å². The van der Waals surface area contributed by atoms with Gasteiger partial charge in [-0.25, -0.2) is 4.79 Å². The Morgan fingerprint density at radius 3 is 2.63 bits per heavy atom. The number of aromatic carboxylic acids is 1. The van der Waals surface area contributed by atoms with Gasteiger partial charge in [-0.05, 0) is 38.2 Å². The van der Waals surface area contributed by atoms with Gasteiger partial charge >= 0.3 is 5.97 Å². The van der Waals surface area contributed by atoms with E-state index >= 15 is 0 Å². The zero-order valence-corrected chi connectivity index (χ0v) is 11.6. The van der Waals surface area contributed by atoms with Gasteiger partial charge < -0.3 is 20.6 Å². The molecule has 0 radical (unpaired) electrons. The number of anilines is 2. The number of carboxylic acids is 1. The van der Waals surface area contributed by atoms with Crippen molar-refractivity contribution in [2.24, 2.45) is 5.92 Å². The Labute approximate surface area is 113 Å². The van der Waals surface area contributed by atoms with E-state index in [0.717, 1.165) is 18.8 Å². The van der Waals surface area contributed by atoms with Crippen molar-refractivity contribution in [1.29, 1.82) is 0 Å². The number of carboxylic acid groups (broad SMARTS) is 1. The van der Waals surface area contributed by atoms with Crippen LogP contribution in [0.2, 0.25) is 0 Å². The normalized spacial score (nSPS) is 23.1. The largest absolute Gasteiger partial charge is 0.478 e. The molecule has 104 valence electrons. The predicted molar refractivity (Wildman–Crippen MR) is 76.7 cm³/mol. The molecule has 2 rings (SSSR count). The number of hydrogen-bond donors (Lipinski definition) is 2. The van der Waals surface area contributed by atoms with E-state index in [2.05, 4.69) is 30.8 Å². The van der Waals surface area contributed by atoms with Crippen molar-refractivity contribution < 1.29 is 9.90 Å². The van der Waals surface area contributed by atoms with Crippen molar-refractivity contribution in [2.45, 2.75) is 13.0 Å². The number of nitrogens with zero attached hydrogens (tertiary/aromatic N) is 2. The minimum Gasteiger partial charge on any atom is -0.478 e. The maximum Gasteiger partial charge on any atom is 0.337 e. The van der Waals surface area contributed by atoms with E-state index in [1.807, 2.05) is 6.07 Å². The zero-order valence-electron chi connectivity index (χ0n) is 11.6. The fourth-order valence-electron chi connectivity index (χ4n) is 2.76. The summed E-state index contributed by atoms with van der Waals surface area (Å²) < 4.78 is 0. The summed E-state index contributed by atoms with van der Waals surface area (Å²) in [6.07, 6.45) is 0. The molecule has 1 aromatic rings. The van der Waals surface area contributed by atoms with Gasteiger partial charge in [0.25, 0.3) is 0 Å². The third kappa shape index (κ3) is 2.66. The highest BCUT2D eigenvalue weighted by Crippen LogP contribution is 2.28. The molecule has 2 unspecified atom stereocenters. The first-order valence-electron chi connectivity index (χ1n) is 6.44. The van der Waals surface area contributed by atoms with Crippen LogP contribution in [0, 0.1) is 5.92 Å². The van der Waals surface area contributed by atoms with Crippen molar-refractivity contribution in [3.8, 4) is 0 Å². The SMILES string of the molecule is CC1CN(c2ccc(N)c(C(=O)O)c2)CC1N(C)C. The topological polar surface area (TPSA) is 69.8 Å². The Morgan fingerprint density at radius 1 is 1.42 bits per heavy atom. The number of carbonyl (C=O) groups is 1. The third-order valence-electron chi connectivity index (χ3n) is 3.87. The minimum absolute atomic E-state index is 0.179. The van der Waals surface area contributed by atoms with E-state index in [0.29, 0.717) is 17.6 Å². The highest BCUT2D eigenvalue weighted by Gasteiger charge is 2.31. The molecule has 1 aromatic carbocycles. The van der Waals surface area contributed by atoms with Gasteiger partial charge in [0.05, 0.1) is 5.56 Å². The number of likely N-dealkylation sites (N-methyl/N-ethyl adjacent to an activating group) is 1. The lowest BCUT2D eigenvalue weighted by molar-refractivity contribution is 0.0698. The lowest BCUT2D eigenvalue weighted by atomic mass is 10.1. The number of rotatable bonds is 3. The Balaban J connectivity index is 2.24. The van der Waals surface area contributed by atoms with E-state index in [1.54, 1.807) is 12.1 Å². The molecule has 2 atom stereocenters. The van der Waals surface area contributed by atoms with Gasteiger partial charge in [-0.1, -0.05) is 6.92 Å². The van der Waals surface area contributed by atoms with Gasteiger partial charge in [0.1, 0.15) is 0 Å². The molecule has 5 heteroatoms. The summed E-state index contributed by atoms with van der Waals surface area (Å²) in [5.41, 5.74) is 7.11. The molecule has 0 aromatic heterocycles. The highest BCUT2D eigenvalue weighted by molar-refractivity contribution is 5.94. The minimum atomic E-state index is -0.976. The first-order chi connectivity index (χ1) is 8.90. The van der Waals surface area contributed by atoms with Crippen molar-refractivity contribution >= 4 is 17.3 Å². The zero-order chi connectivity index (χ0) is 14.2. The number of nitrogens with two attached hydrogens (primary N) is 1. The summed E-state index contributed by atoms with van der Waals surface area (Å²) in [4.78, 5) is 15.6. The van der Waals surface area contributed by atoms with Crippen LogP contribution in [0.4, 0.5) is 11.4 Å². The van der Waals surface area contributed by atoms with Crippen molar-refractivity contribution in [3.63, 3.8) is 0 Å². The number of hydrogen-bond acceptors (Lipinski definition) is 4. The molecule has 0 bridgehead atoms. The third-order valence-corrected chi connectivity index (χ3v) is 3.87. The molecule has 5 nitrogen and oxygen atoms in total. The molecular weight excluding hydrogens is 242 g/mol. The smallest absolute Gasteiger partial charge is 0.337 e. The van der Waals surface area contributed by atoms with Crippen LogP contribution < -0.4 is 10.6 Å². The predicted octanol–water partition coefficient (Wildman–Crippen LogP) is 1.35. The maximum atomic E-state index is 11.1. The highest BCUT2D eigenvalue weighted by atomic mass is 16.4. The molecule has 0 saturated carbocycles. The molecule has 1 heterocycles. The summed E-state index contributed by atoms with van der Waals surface area (Å²) >= 11 is 0. The van der Waals surface area contributed by atoms with Crippen LogP contribution >= 0.6 is 0 Å². The summed E-state index contributed by atoms with van der Waals surface area (Å²) in [6.45, 7) is 4.07. The molecule has 0 spiro atoms.